The Hall–Kier alpha value is -2.78. The number of H-pyrrole nitrogens is 1. The molecule has 1 amide bonds. The van der Waals surface area contributed by atoms with Crippen LogP contribution in [-0.4, -0.2) is 25.1 Å². The van der Waals surface area contributed by atoms with Crippen molar-refractivity contribution in [3.05, 3.63) is 63.1 Å². The number of benzene rings is 1. The SMILES string of the molecule is CC(NC(=O)c1cc2c([nH]c1=O)CC(C)(C)CC2=O)c1ccc(S(N)(=O)=O)cc1. The lowest BCUT2D eigenvalue weighted by Crippen LogP contribution is -2.35. The summed E-state index contributed by atoms with van der Waals surface area (Å²) in [6, 6.07) is 6.62. The number of carbonyl (C=O) groups is 2. The van der Waals surface area contributed by atoms with Gasteiger partial charge in [-0.25, -0.2) is 13.6 Å². The number of carbonyl (C=O) groups excluding carboxylic acids is 2. The Balaban J connectivity index is 1.83. The Morgan fingerprint density at radius 3 is 2.38 bits per heavy atom. The lowest BCUT2D eigenvalue weighted by Gasteiger charge is -2.29. The zero-order chi connectivity index (χ0) is 21.6. The summed E-state index contributed by atoms with van der Waals surface area (Å²) in [5.41, 5.74) is 0.638. The van der Waals surface area contributed by atoms with E-state index in [0.29, 0.717) is 29.7 Å². The minimum absolute atomic E-state index is 0.0349. The molecule has 9 heteroatoms. The van der Waals surface area contributed by atoms with Crippen LogP contribution in [0.4, 0.5) is 0 Å². The molecule has 4 N–H and O–H groups in total. The largest absolute Gasteiger partial charge is 0.345 e. The zero-order valence-corrected chi connectivity index (χ0v) is 17.2. The quantitative estimate of drug-likeness (QED) is 0.694. The fraction of sp³-hybridized carbons (Fsp3) is 0.350. The molecular weight excluding hydrogens is 394 g/mol. The second kappa shape index (κ2) is 7.23. The molecular formula is C20H23N3O5S. The molecule has 0 saturated heterocycles. The maximum atomic E-state index is 12.6. The van der Waals surface area contributed by atoms with Gasteiger partial charge < -0.3 is 10.3 Å². The number of rotatable bonds is 4. The van der Waals surface area contributed by atoms with Gasteiger partial charge in [0.2, 0.25) is 10.0 Å². The van der Waals surface area contributed by atoms with Gasteiger partial charge in [-0.15, -0.1) is 0 Å². The average Bonchev–Trinajstić information content (AvgIpc) is 2.59. The third-order valence-corrected chi connectivity index (χ3v) is 5.95. The van der Waals surface area contributed by atoms with E-state index in [4.69, 9.17) is 5.14 Å². The van der Waals surface area contributed by atoms with E-state index in [2.05, 4.69) is 10.3 Å². The van der Waals surface area contributed by atoms with Gasteiger partial charge in [0.25, 0.3) is 11.5 Å². The summed E-state index contributed by atoms with van der Waals surface area (Å²) < 4.78 is 22.7. The normalized spacial score (nSPS) is 16.8. The maximum absolute atomic E-state index is 12.6. The Kier molecular flexibility index (Phi) is 5.22. The predicted octanol–water partition coefficient (Wildman–Crippen LogP) is 1.67. The van der Waals surface area contributed by atoms with Crippen LogP contribution in [0.25, 0.3) is 0 Å². The van der Waals surface area contributed by atoms with E-state index in [-0.39, 0.29) is 21.7 Å². The number of Topliss-reactive ketones (excluding diaryl/α,β-unsaturated/α-hetero) is 1. The highest BCUT2D eigenvalue weighted by Gasteiger charge is 2.32. The molecule has 154 valence electrons. The lowest BCUT2D eigenvalue weighted by atomic mass is 9.75. The number of hydrogen-bond acceptors (Lipinski definition) is 5. The fourth-order valence-electron chi connectivity index (χ4n) is 3.50. The smallest absolute Gasteiger partial charge is 0.261 e. The van der Waals surface area contributed by atoms with Crippen molar-refractivity contribution < 1.29 is 18.0 Å². The summed E-state index contributed by atoms with van der Waals surface area (Å²) in [7, 11) is -3.80. The van der Waals surface area contributed by atoms with Gasteiger partial charge in [-0.05, 0) is 42.5 Å². The van der Waals surface area contributed by atoms with Crippen LogP contribution in [0.1, 0.15) is 65.2 Å². The molecule has 1 aromatic carbocycles. The molecule has 0 radical (unpaired) electrons. The number of sulfonamides is 1. The highest BCUT2D eigenvalue weighted by Crippen LogP contribution is 2.33. The predicted molar refractivity (Wildman–Crippen MR) is 107 cm³/mol. The van der Waals surface area contributed by atoms with E-state index in [1.165, 1.54) is 30.3 Å². The molecule has 0 bridgehead atoms. The molecule has 1 unspecified atom stereocenters. The van der Waals surface area contributed by atoms with Crippen molar-refractivity contribution in [1.82, 2.24) is 10.3 Å². The molecule has 0 fully saturated rings. The number of ketones is 1. The number of amides is 1. The summed E-state index contributed by atoms with van der Waals surface area (Å²) in [6.45, 7) is 5.61. The third-order valence-electron chi connectivity index (χ3n) is 5.02. The first-order valence-corrected chi connectivity index (χ1v) is 10.6. The summed E-state index contributed by atoms with van der Waals surface area (Å²) in [4.78, 5) is 40.1. The van der Waals surface area contributed by atoms with Gasteiger partial charge in [0.1, 0.15) is 5.56 Å². The first kappa shape index (κ1) is 20.9. The van der Waals surface area contributed by atoms with E-state index in [1.807, 2.05) is 13.8 Å². The van der Waals surface area contributed by atoms with Crippen molar-refractivity contribution in [2.24, 2.45) is 10.6 Å². The van der Waals surface area contributed by atoms with Crippen LogP contribution in [0.15, 0.2) is 40.0 Å². The minimum Gasteiger partial charge on any atom is -0.345 e. The Morgan fingerprint density at radius 2 is 1.79 bits per heavy atom. The zero-order valence-electron chi connectivity index (χ0n) is 16.4. The monoisotopic (exact) mass is 417 g/mol. The van der Waals surface area contributed by atoms with Gasteiger partial charge in [-0.3, -0.25) is 14.4 Å². The van der Waals surface area contributed by atoms with Gasteiger partial charge in [0.15, 0.2) is 5.78 Å². The second-order valence-corrected chi connectivity index (χ2v) is 9.72. The van der Waals surface area contributed by atoms with Crippen LogP contribution in [-0.2, 0) is 16.4 Å². The van der Waals surface area contributed by atoms with E-state index in [0.717, 1.165) is 0 Å². The first-order chi connectivity index (χ1) is 13.4. The van der Waals surface area contributed by atoms with Crippen LogP contribution in [0.3, 0.4) is 0 Å². The van der Waals surface area contributed by atoms with Crippen molar-refractivity contribution in [2.45, 2.75) is 44.6 Å². The standard InChI is InChI=1S/C20H23N3O5S/c1-11(12-4-6-13(7-5-12)29(21,27)28)22-18(25)15-8-14-16(23-19(15)26)9-20(2,3)10-17(14)24/h4-8,11H,9-10H2,1-3H3,(H,22,25)(H,23,26)(H2,21,27,28). The fourth-order valence-corrected chi connectivity index (χ4v) is 4.02. The van der Waals surface area contributed by atoms with Gasteiger partial charge in [-0.2, -0.15) is 0 Å². The average molecular weight is 417 g/mol. The van der Waals surface area contributed by atoms with Crippen LogP contribution in [0.2, 0.25) is 0 Å². The highest BCUT2D eigenvalue weighted by atomic mass is 32.2. The Bertz CT molecular complexity index is 1150. The lowest BCUT2D eigenvalue weighted by molar-refractivity contribution is 0.0910. The van der Waals surface area contributed by atoms with Gasteiger partial charge in [0.05, 0.1) is 10.9 Å². The number of aromatic amines is 1. The van der Waals surface area contributed by atoms with Crippen molar-refractivity contribution >= 4 is 21.7 Å². The molecule has 1 aliphatic carbocycles. The Morgan fingerprint density at radius 1 is 1.17 bits per heavy atom. The molecule has 1 aromatic heterocycles. The molecule has 0 spiro atoms. The first-order valence-electron chi connectivity index (χ1n) is 9.10. The van der Waals surface area contributed by atoms with Crippen molar-refractivity contribution in [2.75, 3.05) is 0 Å². The third kappa shape index (κ3) is 4.46. The molecule has 8 nitrogen and oxygen atoms in total. The van der Waals surface area contributed by atoms with E-state index in [9.17, 15) is 22.8 Å². The highest BCUT2D eigenvalue weighted by molar-refractivity contribution is 7.89. The number of fused-ring (bicyclic) bond motifs is 1. The van der Waals surface area contributed by atoms with Gasteiger partial charge >= 0.3 is 0 Å². The van der Waals surface area contributed by atoms with E-state index >= 15 is 0 Å². The van der Waals surface area contributed by atoms with E-state index < -0.39 is 27.5 Å². The second-order valence-electron chi connectivity index (χ2n) is 8.15. The number of nitrogens with two attached hydrogens (primary N) is 1. The van der Waals surface area contributed by atoms with Crippen LogP contribution < -0.4 is 16.0 Å². The van der Waals surface area contributed by atoms with Crippen molar-refractivity contribution in [3.8, 4) is 0 Å². The van der Waals surface area contributed by atoms with Crippen LogP contribution in [0.5, 0.6) is 0 Å². The molecule has 0 aliphatic heterocycles. The minimum atomic E-state index is -3.80. The van der Waals surface area contributed by atoms with Crippen molar-refractivity contribution in [1.29, 1.82) is 0 Å². The number of pyridine rings is 1. The molecule has 2 aromatic rings. The summed E-state index contributed by atoms with van der Waals surface area (Å²) in [6.07, 6.45) is 0.901. The summed E-state index contributed by atoms with van der Waals surface area (Å²) in [5, 5.41) is 7.78. The van der Waals surface area contributed by atoms with Crippen LogP contribution >= 0.6 is 0 Å². The van der Waals surface area contributed by atoms with Crippen molar-refractivity contribution in [3.63, 3.8) is 0 Å². The molecule has 3 rings (SSSR count). The maximum Gasteiger partial charge on any atom is 0.261 e. The summed E-state index contributed by atoms with van der Waals surface area (Å²) in [5.74, 6) is -0.720. The number of primary sulfonamides is 1. The molecule has 29 heavy (non-hydrogen) atoms. The molecule has 1 heterocycles. The Labute approximate surface area is 168 Å². The van der Waals surface area contributed by atoms with Crippen LogP contribution in [0, 0.1) is 5.41 Å². The topological polar surface area (TPSA) is 139 Å². The molecule has 1 atom stereocenters. The molecule has 0 saturated carbocycles. The number of hydrogen-bond donors (Lipinski definition) is 3. The number of nitrogens with one attached hydrogen (secondary N) is 2. The van der Waals surface area contributed by atoms with Gasteiger partial charge in [-0.1, -0.05) is 26.0 Å². The summed E-state index contributed by atoms with van der Waals surface area (Å²) >= 11 is 0. The van der Waals surface area contributed by atoms with Gasteiger partial charge in [0, 0.05) is 17.7 Å². The molecule has 1 aliphatic rings. The number of aromatic nitrogens is 1. The van der Waals surface area contributed by atoms with E-state index in [1.54, 1.807) is 6.92 Å².